The lowest BCUT2D eigenvalue weighted by Crippen LogP contribution is -2.01. The number of hydrogen-bond acceptors (Lipinski definition) is 2. The molecule has 2 rings (SSSR count). The molecular formula is C15H11BrN2. The zero-order chi connectivity index (χ0) is 13.0. The molecule has 0 atom stereocenters. The average Bonchev–Trinajstić information content (AvgIpc) is 2.41. The summed E-state index contributed by atoms with van der Waals surface area (Å²) in [7, 11) is 0. The van der Waals surface area contributed by atoms with Gasteiger partial charge in [-0.05, 0) is 11.6 Å². The van der Waals surface area contributed by atoms with E-state index in [1.54, 1.807) is 0 Å². The Morgan fingerprint density at radius 3 is 2.22 bits per heavy atom. The van der Waals surface area contributed by atoms with Crippen LogP contribution < -0.4 is 5.73 Å². The number of rotatable bonds is 2. The molecule has 2 N–H and O–H groups in total. The van der Waals surface area contributed by atoms with Crippen molar-refractivity contribution in [3.05, 3.63) is 70.2 Å². The van der Waals surface area contributed by atoms with E-state index in [4.69, 9.17) is 5.73 Å². The molecule has 2 aromatic carbocycles. The van der Waals surface area contributed by atoms with E-state index in [1.807, 2.05) is 54.6 Å². The van der Waals surface area contributed by atoms with Gasteiger partial charge in [0.1, 0.15) is 6.07 Å². The third kappa shape index (κ3) is 2.44. The van der Waals surface area contributed by atoms with Crippen LogP contribution in [0.5, 0.6) is 0 Å². The molecule has 0 heterocycles. The van der Waals surface area contributed by atoms with E-state index < -0.39 is 0 Å². The zero-order valence-electron chi connectivity index (χ0n) is 9.60. The first-order chi connectivity index (χ1) is 8.74. The lowest BCUT2D eigenvalue weighted by molar-refractivity contribution is 1.46. The van der Waals surface area contributed by atoms with Gasteiger partial charge in [0.05, 0.1) is 11.3 Å². The second-order valence-electron chi connectivity index (χ2n) is 3.75. The van der Waals surface area contributed by atoms with Crippen molar-refractivity contribution in [1.82, 2.24) is 0 Å². The Hall–Kier alpha value is -2.05. The topological polar surface area (TPSA) is 49.8 Å². The van der Waals surface area contributed by atoms with Crippen LogP contribution in [0.4, 0.5) is 0 Å². The molecule has 0 radical (unpaired) electrons. The zero-order valence-corrected chi connectivity index (χ0v) is 11.2. The first-order valence-electron chi connectivity index (χ1n) is 5.44. The molecule has 0 amide bonds. The summed E-state index contributed by atoms with van der Waals surface area (Å²) in [5, 5.41) is 9.30. The van der Waals surface area contributed by atoms with Gasteiger partial charge in [0, 0.05) is 10.0 Å². The molecule has 0 spiro atoms. The van der Waals surface area contributed by atoms with E-state index in [0.29, 0.717) is 11.3 Å². The Kier molecular flexibility index (Phi) is 3.81. The average molecular weight is 299 g/mol. The lowest BCUT2D eigenvalue weighted by Gasteiger charge is -2.08. The normalized spacial score (nSPS) is 11.6. The van der Waals surface area contributed by atoms with Crippen molar-refractivity contribution in [3.8, 4) is 6.07 Å². The van der Waals surface area contributed by atoms with Crippen LogP contribution in [0.25, 0.3) is 11.3 Å². The highest BCUT2D eigenvalue weighted by molar-refractivity contribution is 9.10. The summed E-state index contributed by atoms with van der Waals surface area (Å²) in [6, 6.07) is 19.2. The van der Waals surface area contributed by atoms with E-state index in [-0.39, 0.29) is 0 Å². The van der Waals surface area contributed by atoms with Crippen LogP contribution in [-0.4, -0.2) is 0 Å². The molecule has 3 heteroatoms. The van der Waals surface area contributed by atoms with E-state index >= 15 is 0 Å². The number of nitrogens with two attached hydrogens (primary N) is 1. The van der Waals surface area contributed by atoms with Crippen LogP contribution in [0.15, 0.2) is 59.1 Å². The number of allylic oxidation sites excluding steroid dienone is 1. The first-order valence-corrected chi connectivity index (χ1v) is 6.23. The number of nitrogens with zero attached hydrogens (tertiary/aromatic N) is 1. The number of benzene rings is 2. The predicted molar refractivity (Wildman–Crippen MR) is 77.2 cm³/mol. The highest BCUT2D eigenvalue weighted by Crippen LogP contribution is 2.27. The molecule has 0 bridgehead atoms. The molecule has 0 saturated heterocycles. The van der Waals surface area contributed by atoms with E-state index in [9.17, 15) is 5.26 Å². The lowest BCUT2D eigenvalue weighted by atomic mass is 10.0. The third-order valence-corrected chi connectivity index (χ3v) is 3.30. The van der Waals surface area contributed by atoms with Gasteiger partial charge in [0.2, 0.25) is 0 Å². The SMILES string of the molecule is N#C/C(=C(/N)c1ccccc1Br)c1ccccc1. The number of nitriles is 1. The molecule has 0 aliphatic rings. The molecule has 88 valence electrons. The van der Waals surface area contributed by atoms with Crippen molar-refractivity contribution >= 4 is 27.2 Å². The molecule has 0 unspecified atom stereocenters. The summed E-state index contributed by atoms with van der Waals surface area (Å²) >= 11 is 3.44. The second-order valence-corrected chi connectivity index (χ2v) is 4.60. The van der Waals surface area contributed by atoms with Gasteiger partial charge < -0.3 is 5.73 Å². The van der Waals surface area contributed by atoms with Crippen LogP contribution in [0.2, 0.25) is 0 Å². The molecule has 0 aromatic heterocycles. The Bertz CT molecular complexity index is 624. The Morgan fingerprint density at radius 2 is 1.61 bits per heavy atom. The fraction of sp³-hybridized carbons (Fsp3) is 0. The van der Waals surface area contributed by atoms with Crippen LogP contribution in [0.1, 0.15) is 11.1 Å². The standard InChI is InChI=1S/C15H11BrN2/c16-14-9-5-4-8-12(14)15(18)13(10-17)11-6-2-1-3-7-11/h1-9H,18H2/b15-13-. The highest BCUT2D eigenvalue weighted by Gasteiger charge is 2.10. The molecule has 0 aliphatic heterocycles. The van der Waals surface area contributed by atoms with Crippen molar-refractivity contribution in [3.63, 3.8) is 0 Å². The summed E-state index contributed by atoms with van der Waals surface area (Å²) in [6.45, 7) is 0. The Labute approximate surface area is 114 Å². The molecule has 0 aliphatic carbocycles. The number of halogens is 1. The molecule has 0 saturated carbocycles. The van der Waals surface area contributed by atoms with Crippen molar-refractivity contribution in [1.29, 1.82) is 5.26 Å². The molecule has 2 nitrogen and oxygen atoms in total. The van der Waals surface area contributed by atoms with Crippen molar-refractivity contribution in [2.24, 2.45) is 5.73 Å². The predicted octanol–water partition coefficient (Wildman–Crippen LogP) is 3.80. The van der Waals surface area contributed by atoms with Gasteiger partial charge in [-0.15, -0.1) is 0 Å². The second kappa shape index (κ2) is 5.52. The van der Waals surface area contributed by atoms with Gasteiger partial charge in [-0.2, -0.15) is 5.26 Å². The quantitative estimate of drug-likeness (QED) is 0.677. The minimum Gasteiger partial charge on any atom is -0.397 e. The minimum absolute atomic E-state index is 0.483. The van der Waals surface area contributed by atoms with Gasteiger partial charge in [-0.3, -0.25) is 0 Å². The summed E-state index contributed by atoms with van der Waals surface area (Å²) in [4.78, 5) is 0. The summed E-state index contributed by atoms with van der Waals surface area (Å²) in [6.07, 6.45) is 0. The van der Waals surface area contributed by atoms with Gasteiger partial charge >= 0.3 is 0 Å². The fourth-order valence-corrected chi connectivity index (χ4v) is 2.20. The Balaban J connectivity index is 2.59. The highest BCUT2D eigenvalue weighted by atomic mass is 79.9. The minimum atomic E-state index is 0.483. The van der Waals surface area contributed by atoms with Crippen molar-refractivity contribution in [2.45, 2.75) is 0 Å². The van der Waals surface area contributed by atoms with E-state index in [1.165, 1.54) is 0 Å². The van der Waals surface area contributed by atoms with Gasteiger partial charge in [0.15, 0.2) is 0 Å². The Morgan fingerprint density at radius 1 is 1.00 bits per heavy atom. The summed E-state index contributed by atoms with van der Waals surface area (Å²) < 4.78 is 0.881. The van der Waals surface area contributed by atoms with Gasteiger partial charge in [0.25, 0.3) is 0 Å². The van der Waals surface area contributed by atoms with Gasteiger partial charge in [-0.1, -0.05) is 64.5 Å². The van der Waals surface area contributed by atoms with E-state index in [0.717, 1.165) is 15.6 Å². The molecule has 18 heavy (non-hydrogen) atoms. The summed E-state index contributed by atoms with van der Waals surface area (Å²) in [5.41, 5.74) is 8.74. The van der Waals surface area contributed by atoms with Gasteiger partial charge in [-0.25, -0.2) is 0 Å². The molecule has 0 fully saturated rings. The number of hydrogen-bond donors (Lipinski definition) is 1. The fourth-order valence-electron chi connectivity index (χ4n) is 1.70. The smallest absolute Gasteiger partial charge is 0.102 e. The largest absolute Gasteiger partial charge is 0.397 e. The van der Waals surface area contributed by atoms with Crippen LogP contribution in [0.3, 0.4) is 0 Å². The molecular weight excluding hydrogens is 288 g/mol. The van der Waals surface area contributed by atoms with Crippen LogP contribution in [0, 0.1) is 11.3 Å². The van der Waals surface area contributed by atoms with Crippen LogP contribution >= 0.6 is 15.9 Å². The van der Waals surface area contributed by atoms with Crippen molar-refractivity contribution in [2.75, 3.05) is 0 Å². The maximum absolute atomic E-state index is 9.30. The first kappa shape index (κ1) is 12.4. The van der Waals surface area contributed by atoms with Crippen molar-refractivity contribution < 1.29 is 0 Å². The maximum atomic E-state index is 9.30. The summed E-state index contributed by atoms with van der Waals surface area (Å²) in [5.74, 6) is 0. The third-order valence-electron chi connectivity index (χ3n) is 2.61. The maximum Gasteiger partial charge on any atom is 0.102 e. The van der Waals surface area contributed by atoms with Crippen LogP contribution in [-0.2, 0) is 0 Å². The van der Waals surface area contributed by atoms with E-state index in [2.05, 4.69) is 22.0 Å². The monoisotopic (exact) mass is 298 g/mol. The molecule has 2 aromatic rings.